The van der Waals surface area contributed by atoms with Crippen molar-refractivity contribution >= 4 is 0 Å². The predicted molar refractivity (Wildman–Crippen MR) is 64.9 cm³/mol. The van der Waals surface area contributed by atoms with Crippen LogP contribution in [0.5, 0.6) is 0 Å². The van der Waals surface area contributed by atoms with Gasteiger partial charge in [-0.1, -0.05) is 32.6 Å². The summed E-state index contributed by atoms with van der Waals surface area (Å²) in [7, 11) is 0. The van der Waals surface area contributed by atoms with Crippen LogP contribution in [0.1, 0.15) is 51.9 Å². The first-order valence-electron chi connectivity index (χ1n) is 6.21. The Balaban J connectivity index is 2.32. The van der Waals surface area contributed by atoms with Crippen LogP contribution in [0.3, 0.4) is 0 Å². The van der Waals surface area contributed by atoms with Gasteiger partial charge in [-0.25, -0.2) is 0 Å². The second-order valence-electron chi connectivity index (χ2n) is 4.75. The maximum atomic E-state index is 5.54. The highest BCUT2D eigenvalue weighted by Gasteiger charge is 2.25. The van der Waals surface area contributed by atoms with Crippen LogP contribution < -0.4 is 11.3 Å². The van der Waals surface area contributed by atoms with Gasteiger partial charge >= 0.3 is 0 Å². The van der Waals surface area contributed by atoms with E-state index in [1.807, 2.05) is 0 Å². The van der Waals surface area contributed by atoms with Crippen LogP contribution in [0.2, 0.25) is 0 Å². The molecule has 0 aromatic carbocycles. The van der Waals surface area contributed by atoms with E-state index >= 15 is 0 Å². The first-order valence-corrected chi connectivity index (χ1v) is 6.21. The molecule has 1 unspecified atom stereocenters. The summed E-state index contributed by atoms with van der Waals surface area (Å²) in [6, 6.07) is 0.331. The van der Waals surface area contributed by atoms with Crippen LogP contribution in [-0.2, 0) is 0 Å². The van der Waals surface area contributed by atoms with Gasteiger partial charge in [-0.15, -0.1) is 12.3 Å². The highest BCUT2D eigenvalue weighted by atomic mass is 15.2. The van der Waals surface area contributed by atoms with Crippen molar-refractivity contribution in [1.29, 1.82) is 0 Å². The van der Waals surface area contributed by atoms with E-state index in [0.717, 1.165) is 12.3 Å². The lowest BCUT2D eigenvalue weighted by molar-refractivity contribution is 0.215. The number of terminal acetylenes is 1. The fraction of sp³-hybridized carbons (Fsp3) is 0.846. The van der Waals surface area contributed by atoms with Crippen LogP contribution in [0.4, 0.5) is 0 Å². The Bertz CT molecular complexity index is 199. The van der Waals surface area contributed by atoms with Gasteiger partial charge in [0.25, 0.3) is 0 Å². The number of hydrogen-bond donors (Lipinski definition) is 2. The van der Waals surface area contributed by atoms with Crippen LogP contribution in [0.15, 0.2) is 0 Å². The fourth-order valence-corrected chi connectivity index (χ4v) is 2.78. The monoisotopic (exact) mass is 208 g/mol. The van der Waals surface area contributed by atoms with Gasteiger partial charge < -0.3 is 0 Å². The number of hydrazine groups is 1. The highest BCUT2D eigenvalue weighted by molar-refractivity contribution is 4.92. The third-order valence-corrected chi connectivity index (χ3v) is 3.71. The predicted octanol–water partition coefficient (Wildman–Crippen LogP) is 2.45. The molecular weight excluding hydrogens is 184 g/mol. The molecule has 1 fully saturated rings. The van der Waals surface area contributed by atoms with E-state index in [0.29, 0.717) is 12.0 Å². The third-order valence-electron chi connectivity index (χ3n) is 3.71. The highest BCUT2D eigenvalue weighted by Crippen LogP contribution is 2.33. The summed E-state index contributed by atoms with van der Waals surface area (Å²) in [4.78, 5) is 0. The van der Waals surface area contributed by atoms with Gasteiger partial charge in [0.1, 0.15) is 0 Å². The Morgan fingerprint density at radius 2 is 2.07 bits per heavy atom. The molecule has 0 saturated heterocycles. The van der Waals surface area contributed by atoms with E-state index in [2.05, 4.69) is 18.3 Å². The van der Waals surface area contributed by atoms with Crippen molar-refractivity contribution in [2.45, 2.75) is 57.9 Å². The minimum Gasteiger partial charge on any atom is -0.271 e. The van der Waals surface area contributed by atoms with Gasteiger partial charge in [-0.3, -0.25) is 11.3 Å². The number of nitrogens with two attached hydrogens (primary N) is 1. The van der Waals surface area contributed by atoms with E-state index < -0.39 is 0 Å². The molecule has 0 radical (unpaired) electrons. The largest absolute Gasteiger partial charge is 0.271 e. The van der Waals surface area contributed by atoms with Crippen molar-refractivity contribution in [3.05, 3.63) is 0 Å². The third kappa shape index (κ3) is 3.85. The lowest BCUT2D eigenvalue weighted by Crippen LogP contribution is -2.42. The van der Waals surface area contributed by atoms with Gasteiger partial charge in [-0.05, 0) is 24.7 Å². The van der Waals surface area contributed by atoms with Crippen molar-refractivity contribution in [3.8, 4) is 12.3 Å². The van der Waals surface area contributed by atoms with E-state index in [1.165, 1.54) is 38.5 Å². The topological polar surface area (TPSA) is 38.0 Å². The van der Waals surface area contributed by atoms with Crippen LogP contribution in [0.25, 0.3) is 0 Å². The van der Waals surface area contributed by atoms with Gasteiger partial charge in [0.05, 0.1) is 0 Å². The first kappa shape index (κ1) is 12.5. The molecule has 0 spiro atoms. The molecule has 0 aromatic rings. The molecule has 0 bridgehead atoms. The molecule has 3 N–H and O–H groups in total. The lowest BCUT2D eigenvalue weighted by Gasteiger charge is -2.32. The average molecular weight is 208 g/mol. The molecule has 0 amide bonds. The fourth-order valence-electron chi connectivity index (χ4n) is 2.78. The average Bonchev–Trinajstić information content (AvgIpc) is 2.28. The Kier molecular flexibility index (Phi) is 5.75. The summed E-state index contributed by atoms with van der Waals surface area (Å²) in [5.41, 5.74) is 2.88. The molecule has 1 atom stereocenters. The molecule has 1 aliphatic rings. The quantitative estimate of drug-likeness (QED) is 0.414. The lowest BCUT2D eigenvalue weighted by atomic mass is 9.76. The molecule has 15 heavy (non-hydrogen) atoms. The Morgan fingerprint density at radius 1 is 1.40 bits per heavy atom. The van der Waals surface area contributed by atoms with E-state index in [4.69, 9.17) is 12.3 Å². The summed E-state index contributed by atoms with van der Waals surface area (Å²) in [5, 5.41) is 0. The summed E-state index contributed by atoms with van der Waals surface area (Å²) >= 11 is 0. The summed E-state index contributed by atoms with van der Waals surface area (Å²) in [5.74, 6) is 9.90. The maximum Gasteiger partial charge on any atom is 0.0348 e. The first-order chi connectivity index (χ1) is 7.31. The number of nitrogens with one attached hydrogen (secondary N) is 1. The van der Waals surface area contributed by atoms with Crippen LogP contribution >= 0.6 is 0 Å². The SMILES string of the molecule is C#CCC(NN)C1CCC(CCC)CC1. The molecule has 1 aliphatic carbocycles. The summed E-state index contributed by atoms with van der Waals surface area (Å²) in [6.45, 7) is 2.27. The van der Waals surface area contributed by atoms with Gasteiger partial charge in [0, 0.05) is 12.5 Å². The number of rotatable bonds is 5. The standard InChI is InChI=1S/C13H24N2/c1-3-5-11-7-9-12(10-8-11)13(15-14)6-4-2/h2,11-13,15H,3,5-10,14H2,1H3. The molecule has 0 aliphatic heterocycles. The summed E-state index contributed by atoms with van der Waals surface area (Å²) < 4.78 is 0. The molecule has 2 heteroatoms. The van der Waals surface area contributed by atoms with Crippen molar-refractivity contribution in [2.24, 2.45) is 17.7 Å². The second kappa shape index (κ2) is 6.87. The number of hydrogen-bond acceptors (Lipinski definition) is 2. The van der Waals surface area contributed by atoms with Crippen molar-refractivity contribution in [1.82, 2.24) is 5.43 Å². The van der Waals surface area contributed by atoms with Gasteiger partial charge in [-0.2, -0.15) is 0 Å². The van der Waals surface area contributed by atoms with E-state index in [-0.39, 0.29) is 0 Å². The minimum atomic E-state index is 0.331. The molecule has 2 nitrogen and oxygen atoms in total. The molecular formula is C13H24N2. The van der Waals surface area contributed by atoms with Crippen LogP contribution in [0, 0.1) is 24.2 Å². The Labute approximate surface area is 94.0 Å². The van der Waals surface area contributed by atoms with E-state index in [9.17, 15) is 0 Å². The smallest absolute Gasteiger partial charge is 0.0348 e. The van der Waals surface area contributed by atoms with Crippen molar-refractivity contribution < 1.29 is 0 Å². The van der Waals surface area contributed by atoms with E-state index in [1.54, 1.807) is 0 Å². The molecule has 86 valence electrons. The van der Waals surface area contributed by atoms with Crippen molar-refractivity contribution in [2.75, 3.05) is 0 Å². The Hall–Kier alpha value is -0.520. The molecule has 1 saturated carbocycles. The normalized spacial score (nSPS) is 28.3. The van der Waals surface area contributed by atoms with Gasteiger partial charge in [0.2, 0.25) is 0 Å². The van der Waals surface area contributed by atoms with Crippen LogP contribution in [-0.4, -0.2) is 6.04 Å². The minimum absolute atomic E-state index is 0.331. The second-order valence-corrected chi connectivity index (χ2v) is 4.75. The van der Waals surface area contributed by atoms with Gasteiger partial charge in [0.15, 0.2) is 0 Å². The molecule has 0 aromatic heterocycles. The molecule has 1 rings (SSSR count). The zero-order valence-electron chi connectivity index (χ0n) is 9.84. The van der Waals surface area contributed by atoms with Crippen molar-refractivity contribution in [3.63, 3.8) is 0 Å². The summed E-state index contributed by atoms with van der Waals surface area (Å²) in [6.07, 6.45) is 14.1. The zero-order valence-corrected chi connectivity index (χ0v) is 9.84. The molecule has 0 heterocycles. The maximum absolute atomic E-state index is 5.54. The Morgan fingerprint density at radius 3 is 2.53 bits per heavy atom. The zero-order chi connectivity index (χ0) is 11.1.